The van der Waals surface area contributed by atoms with Gasteiger partial charge in [-0.25, -0.2) is 0 Å². The number of hydrogen-bond donors (Lipinski definition) is 0. The van der Waals surface area contributed by atoms with Crippen molar-refractivity contribution in [1.29, 1.82) is 0 Å². The Kier molecular flexibility index (Phi) is 8.40. The standard InChI is InChI=1S/C23H24ClNO5S/c1-3-29-20-13-17(7-10-19(20)30-15-16-5-8-18(24)9-6-16)14-21-22(26)25(23(27)31-21)11-4-12-28-2/h5-10,13-14H,3-4,11-12,15H2,1-2H3/b21-14+. The van der Waals surface area contributed by atoms with Gasteiger partial charge in [0.2, 0.25) is 0 Å². The van der Waals surface area contributed by atoms with Crippen LogP contribution in [-0.2, 0) is 16.1 Å². The Hall–Kier alpha value is -2.48. The molecule has 2 amide bonds. The number of halogens is 1. The maximum Gasteiger partial charge on any atom is 0.293 e. The summed E-state index contributed by atoms with van der Waals surface area (Å²) in [6.07, 6.45) is 2.31. The van der Waals surface area contributed by atoms with Crippen LogP contribution in [0.2, 0.25) is 5.02 Å². The molecule has 0 saturated carbocycles. The van der Waals surface area contributed by atoms with E-state index in [9.17, 15) is 9.59 Å². The number of ether oxygens (including phenoxy) is 3. The number of carbonyl (C=O) groups excluding carboxylic acids is 2. The van der Waals surface area contributed by atoms with Gasteiger partial charge in [-0.15, -0.1) is 0 Å². The largest absolute Gasteiger partial charge is 0.490 e. The molecule has 0 spiro atoms. The minimum absolute atomic E-state index is 0.264. The number of amides is 2. The predicted molar refractivity (Wildman–Crippen MR) is 123 cm³/mol. The Labute approximate surface area is 191 Å². The second-order valence-electron chi connectivity index (χ2n) is 6.73. The fourth-order valence-electron chi connectivity index (χ4n) is 2.95. The van der Waals surface area contributed by atoms with Crippen molar-refractivity contribution in [3.8, 4) is 11.5 Å². The molecule has 2 aromatic rings. The zero-order valence-corrected chi connectivity index (χ0v) is 19.0. The highest BCUT2D eigenvalue weighted by Crippen LogP contribution is 2.35. The molecular formula is C23H24ClNO5S. The molecule has 1 fully saturated rings. The van der Waals surface area contributed by atoms with Gasteiger partial charge < -0.3 is 14.2 Å². The van der Waals surface area contributed by atoms with Crippen LogP contribution >= 0.6 is 23.4 Å². The molecule has 0 N–H and O–H groups in total. The minimum atomic E-state index is -0.285. The van der Waals surface area contributed by atoms with Crippen LogP contribution in [0.1, 0.15) is 24.5 Å². The fraction of sp³-hybridized carbons (Fsp3) is 0.304. The number of thioether (sulfide) groups is 1. The molecule has 0 aliphatic carbocycles. The lowest BCUT2D eigenvalue weighted by molar-refractivity contribution is -0.122. The van der Waals surface area contributed by atoms with Gasteiger partial charge in [0.25, 0.3) is 11.1 Å². The van der Waals surface area contributed by atoms with Crippen LogP contribution in [0.3, 0.4) is 0 Å². The molecule has 0 bridgehead atoms. The molecule has 0 radical (unpaired) electrons. The van der Waals surface area contributed by atoms with Gasteiger partial charge >= 0.3 is 0 Å². The highest BCUT2D eigenvalue weighted by atomic mass is 35.5. The van der Waals surface area contributed by atoms with Crippen LogP contribution in [0, 0.1) is 0 Å². The number of hydrogen-bond acceptors (Lipinski definition) is 6. The first-order valence-corrected chi connectivity index (χ1v) is 11.1. The number of benzene rings is 2. The van der Waals surface area contributed by atoms with Gasteiger partial charge in [-0.1, -0.05) is 29.8 Å². The van der Waals surface area contributed by atoms with Gasteiger partial charge in [-0.3, -0.25) is 14.5 Å². The van der Waals surface area contributed by atoms with E-state index in [4.69, 9.17) is 25.8 Å². The van der Waals surface area contributed by atoms with Crippen molar-refractivity contribution in [2.45, 2.75) is 20.0 Å². The average Bonchev–Trinajstić information content (AvgIpc) is 3.02. The Morgan fingerprint density at radius 1 is 1.06 bits per heavy atom. The number of imide groups is 1. The van der Waals surface area contributed by atoms with E-state index in [0.717, 1.165) is 22.9 Å². The molecule has 1 saturated heterocycles. The van der Waals surface area contributed by atoms with Gasteiger partial charge in [0.1, 0.15) is 6.61 Å². The first kappa shape index (κ1) is 23.2. The van der Waals surface area contributed by atoms with E-state index in [0.29, 0.717) is 54.2 Å². The van der Waals surface area contributed by atoms with Crippen molar-refractivity contribution in [2.75, 3.05) is 26.9 Å². The van der Waals surface area contributed by atoms with E-state index in [1.54, 1.807) is 25.3 Å². The smallest absolute Gasteiger partial charge is 0.293 e. The summed E-state index contributed by atoms with van der Waals surface area (Å²) in [6.45, 7) is 3.57. The lowest BCUT2D eigenvalue weighted by atomic mass is 10.1. The van der Waals surface area contributed by atoms with Crippen LogP contribution in [-0.4, -0.2) is 42.9 Å². The highest BCUT2D eigenvalue weighted by Gasteiger charge is 2.34. The third-order valence-electron chi connectivity index (χ3n) is 4.48. The summed E-state index contributed by atoms with van der Waals surface area (Å²) in [7, 11) is 1.59. The molecule has 3 rings (SSSR count). The molecule has 164 valence electrons. The first-order valence-electron chi connectivity index (χ1n) is 9.90. The average molecular weight is 462 g/mol. The molecule has 1 heterocycles. The van der Waals surface area contributed by atoms with Crippen LogP contribution in [0.4, 0.5) is 4.79 Å². The molecule has 8 heteroatoms. The minimum Gasteiger partial charge on any atom is -0.490 e. The van der Waals surface area contributed by atoms with Crippen LogP contribution in [0.5, 0.6) is 11.5 Å². The molecule has 6 nitrogen and oxygen atoms in total. The molecule has 2 aromatic carbocycles. The number of carbonyl (C=O) groups is 2. The van der Waals surface area contributed by atoms with Crippen molar-refractivity contribution in [3.05, 3.63) is 63.5 Å². The summed E-state index contributed by atoms with van der Waals surface area (Å²) >= 11 is 6.86. The third kappa shape index (κ3) is 6.26. The number of methoxy groups -OCH3 is 1. The van der Waals surface area contributed by atoms with Gasteiger partial charge in [0.05, 0.1) is 11.5 Å². The summed E-state index contributed by atoms with van der Waals surface area (Å²) in [4.78, 5) is 26.4. The van der Waals surface area contributed by atoms with Gasteiger partial charge in [-0.2, -0.15) is 0 Å². The quantitative estimate of drug-likeness (QED) is 0.349. The molecule has 1 aliphatic rings. The predicted octanol–water partition coefficient (Wildman–Crippen LogP) is 5.39. The summed E-state index contributed by atoms with van der Waals surface area (Å²) in [5, 5.41) is 0.409. The van der Waals surface area contributed by atoms with E-state index in [-0.39, 0.29) is 11.1 Å². The highest BCUT2D eigenvalue weighted by molar-refractivity contribution is 8.18. The topological polar surface area (TPSA) is 65.1 Å². The molecular weight excluding hydrogens is 438 g/mol. The number of nitrogens with zero attached hydrogens (tertiary/aromatic N) is 1. The van der Waals surface area contributed by atoms with E-state index >= 15 is 0 Å². The summed E-state index contributed by atoms with van der Waals surface area (Å²) < 4.78 is 16.6. The zero-order chi connectivity index (χ0) is 22.2. The van der Waals surface area contributed by atoms with Gasteiger partial charge in [0.15, 0.2) is 11.5 Å². The Morgan fingerprint density at radius 2 is 1.84 bits per heavy atom. The normalized spacial score (nSPS) is 15.1. The summed E-state index contributed by atoms with van der Waals surface area (Å²) in [6, 6.07) is 12.9. The van der Waals surface area contributed by atoms with Gasteiger partial charge in [0, 0.05) is 25.3 Å². The SMILES string of the molecule is CCOc1cc(/C=C2/SC(=O)N(CCCOC)C2=O)ccc1OCc1ccc(Cl)cc1. The second kappa shape index (κ2) is 11.2. The van der Waals surface area contributed by atoms with E-state index in [1.165, 1.54) is 4.90 Å². The van der Waals surface area contributed by atoms with Crippen molar-refractivity contribution in [3.63, 3.8) is 0 Å². The van der Waals surface area contributed by atoms with Crippen LogP contribution in [0.15, 0.2) is 47.4 Å². The molecule has 0 aromatic heterocycles. The Bertz CT molecular complexity index is 961. The Morgan fingerprint density at radius 3 is 2.55 bits per heavy atom. The zero-order valence-electron chi connectivity index (χ0n) is 17.4. The summed E-state index contributed by atoms with van der Waals surface area (Å²) in [5.41, 5.74) is 1.74. The summed E-state index contributed by atoms with van der Waals surface area (Å²) in [5.74, 6) is 0.887. The second-order valence-corrected chi connectivity index (χ2v) is 8.16. The van der Waals surface area contributed by atoms with Crippen molar-refractivity contribution >= 4 is 40.6 Å². The fourth-order valence-corrected chi connectivity index (χ4v) is 3.95. The first-order chi connectivity index (χ1) is 15.0. The van der Waals surface area contributed by atoms with Crippen molar-refractivity contribution in [1.82, 2.24) is 4.90 Å². The van der Waals surface area contributed by atoms with E-state index in [2.05, 4.69) is 0 Å². The maximum absolute atomic E-state index is 12.6. The third-order valence-corrected chi connectivity index (χ3v) is 5.64. The van der Waals surface area contributed by atoms with Gasteiger partial charge in [-0.05, 0) is 66.6 Å². The molecule has 1 aliphatic heterocycles. The molecule has 0 unspecified atom stereocenters. The monoisotopic (exact) mass is 461 g/mol. The van der Waals surface area contributed by atoms with E-state index < -0.39 is 0 Å². The van der Waals surface area contributed by atoms with Crippen molar-refractivity contribution < 1.29 is 23.8 Å². The number of rotatable bonds is 10. The molecule has 31 heavy (non-hydrogen) atoms. The Balaban J connectivity index is 1.73. The van der Waals surface area contributed by atoms with Crippen LogP contribution < -0.4 is 9.47 Å². The lowest BCUT2D eigenvalue weighted by Gasteiger charge is -2.13. The van der Waals surface area contributed by atoms with E-state index in [1.807, 2.05) is 37.3 Å². The molecule has 0 atom stereocenters. The van der Waals surface area contributed by atoms with Crippen LogP contribution in [0.25, 0.3) is 6.08 Å². The lowest BCUT2D eigenvalue weighted by Crippen LogP contribution is -2.29. The maximum atomic E-state index is 12.6. The van der Waals surface area contributed by atoms with Crippen molar-refractivity contribution in [2.24, 2.45) is 0 Å².